The highest BCUT2D eigenvalue weighted by Crippen LogP contribution is 2.16. The second-order valence-electron chi connectivity index (χ2n) is 5.26. The van der Waals surface area contributed by atoms with Crippen LogP contribution in [0.15, 0.2) is 18.2 Å². The lowest BCUT2D eigenvalue weighted by atomic mass is 9.97. The third-order valence-electron chi connectivity index (χ3n) is 3.90. The molecule has 1 aliphatic heterocycles. The standard InChI is InChI=1S/C15H22F2N2/c1-2-19-7-5-12(6-8-19)10-18-11-13-3-4-14(16)15(17)9-13/h3-4,9,12,18H,2,5-8,10-11H2,1H3. The van der Waals surface area contributed by atoms with Gasteiger partial charge in [-0.2, -0.15) is 0 Å². The number of nitrogens with one attached hydrogen (secondary N) is 1. The van der Waals surface area contributed by atoms with E-state index in [0.29, 0.717) is 12.5 Å². The highest BCUT2D eigenvalue weighted by Gasteiger charge is 2.17. The molecule has 2 nitrogen and oxygen atoms in total. The van der Waals surface area contributed by atoms with Crippen LogP contribution < -0.4 is 5.32 Å². The number of benzene rings is 1. The Hall–Kier alpha value is -1.00. The first-order chi connectivity index (χ1) is 9.19. The van der Waals surface area contributed by atoms with Crippen LogP contribution in [-0.4, -0.2) is 31.1 Å². The molecule has 1 N–H and O–H groups in total. The molecule has 0 aromatic heterocycles. The zero-order valence-electron chi connectivity index (χ0n) is 11.5. The van der Waals surface area contributed by atoms with E-state index in [1.165, 1.54) is 38.1 Å². The van der Waals surface area contributed by atoms with E-state index in [1.807, 2.05) is 0 Å². The van der Waals surface area contributed by atoms with Gasteiger partial charge in [-0.05, 0) is 62.6 Å². The summed E-state index contributed by atoms with van der Waals surface area (Å²) in [4.78, 5) is 2.46. The van der Waals surface area contributed by atoms with Gasteiger partial charge in [0, 0.05) is 6.54 Å². The molecular weight excluding hydrogens is 246 g/mol. The SMILES string of the molecule is CCN1CCC(CNCc2ccc(F)c(F)c2)CC1. The van der Waals surface area contributed by atoms with E-state index >= 15 is 0 Å². The van der Waals surface area contributed by atoms with Gasteiger partial charge in [-0.1, -0.05) is 13.0 Å². The van der Waals surface area contributed by atoms with Gasteiger partial charge in [-0.15, -0.1) is 0 Å². The average molecular weight is 268 g/mol. The maximum Gasteiger partial charge on any atom is 0.159 e. The Kier molecular flexibility index (Phi) is 5.28. The maximum atomic E-state index is 13.0. The molecular formula is C15H22F2N2. The summed E-state index contributed by atoms with van der Waals surface area (Å²) in [5.74, 6) is -0.848. The fourth-order valence-electron chi connectivity index (χ4n) is 2.58. The highest BCUT2D eigenvalue weighted by atomic mass is 19.2. The molecule has 19 heavy (non-hydrogen) atoms. The van der Waals surface area contributed by atoms with E-state index in [4.69, 9.17) is 0 Å². The van der Waals surface area contributed by atoms with Crippen LogP contribution in [0.3, 0.4) is 0 Å². The van der Waals surface area contributed by atoms with Crippen molar-refractivity contribution in [1.82, 2.24) is 10.2 Å². The minimum Gasteiger partial charge on any atom is -0.312 e. The van der Waals surface area contributed by atoms with Crippen molar-refractivity contribution in [3.63, 3.8) is 0 Å². The molecule has 1 aromatic rings. The van der Waals surface area contributed by atoms with Crippen molar-refractivity contribution >= 4 is 0 Å². The number of halogens is 2. The molecule has 1 aromatic carbocycles. The summed E-state index contributed by atoms with van der Waals surface area (Å²) < 4.78 is 25.8. The molecule has 1 fully saturated rings. The molecule has 1 saturated heterocycles. The van der Waals surface area contributed by atoms with Crippen LogP contribution in [0.5, 0.6) is 0 Å². The molecule has 4 heteroatoms. The number of nitrogens with zero attached hydrogens (tertiary/aromatic N) is 1. The van der Waals surface area contributed by atoms with Crippen molar-refractivity contribution in [3.05, 3.63) is 35.4 Å². The van der Waals surface area contributed by atoms with Crippen LogP contribution in [-0.2, 0) is 6.54 Å². The lowest BCUT2D eigenvalue weighted by Gasteiger charge is -2.31. The monoisotopic (exact) mass is 268 g/mol. The van der Waals surface area contributed by atoms with Crippen molar-refractivity contribution in [3.8, 4) is 0 Å². The Balaban J connectivity index is 1.70. The lowest BCUT2D eigenvalue weighted by molar-refractivity contribution is 0.190. The minimum atomic E-state index is -0.782. The van der Waals surface area contributed by atoms with Crippen molar-refractivity contribution in [2.45, 2.75) is 26.3 Å². The van der Waals surface area contributed by atoms with Crippen LogP contribution in [0.2, 0.25) is 0 Å². The predicted octanol–water partition coefficient (Wildman–Crippen LogP) is 2.79. The van der Waals surface area contributed by atoms with Crippen molar-refractivity contribution in [2.24, 2.45) is 5.92 Å². The smallest absolute Gasteiger partial charge is 0.159 e. The van der Waals surface area contributed by atoms with Crippen molar-refractivity contribution < 1.29 is 8.78 Å². The number of rotatable bonds is 5. The average Bonchev–Trinajstić information content (AvgIpc) is 2.43. The van der Waals surface area contributed by atoms with E-state index < -0.39 is 11.6 Å². The molecule has 0 amide bonds. The third kappa shape index (κ3) is 4.25. The van der Waals surface area contributed by atoms with Gasteiger partial charge in [0.05, 0.1) is 0 Å². The van der Waals surface area contributed by atoms with Crippen LogP contribution in [0.4, 0.5) is 8.78 Å². The minimum absolute atomic E-state index is 0.602. The molecule has 0 bridgehead atoms. The van der Waals surface area contributed by atoms with Gasteiger partial charge in [-0.25, -0.2) is 8.78 Å². The Labute approximate surface area is 113 Å². The van der Waals surface area contributed by atoms with Crippen LogP contribution in [0.1, 0.15) is 25.3 Å². The molecule has 0 atom stereocenters. The molecule has 1 heterocycles. The van der Waals surface area contributed by atoms with E-state index in [0.717, 1.165) is 18.7 Å². The normalized spacial score (nSPS) is 17.8. The predicted molar refractivity (Wildman–Crippen MR) is 72.9 cm³/mol. The molecule has 2 rings (SSSR count). The van der Waals surface area contributed by atoms with Crippen molar-refractivity contribution in [1.29, 1.82) is 0 Å². The Bertz CT molecular complexity index is 401. The third-order valence-corrected chi connectivity index (χ3v) is 3.90. The Morgan fingerprint density at radius 2 is 1.95 bits per heavy atom. The first kappa shape index (κ1) is 14.4. The Morgan fingerprint density at radius 1 is 1.21 bits per heavy atom. The molecule has 0 radical (unpaired) electrons. The molecule has 106 valence electrons. The molecule has 1 aliphatic rings. The lowest BCUT2D eigenvalue weighted by Crippen LogP contribution is -2.36. The van der Waals surface area contributed by atoms with Gasteiger partial charge in [-0.3, -0.25) is 0 Å². The van der Waals surface area contributed by atoms with Gasteiger partial charge in [0.25, 0.3) is 0 Å². The number of likely N-dealkylation sites (tertiary alicyclic amines) is 1. The van der Waals surface area contributed by atoms with Crippen molar-refractivity contribution in [2.75, 3.05) is 26.2 Å². The topological polar surface area (TPSA) is 15.3 Å². The maximum absolute atomic E-state index is 13.0. The summed E-state index contributed by atoms with van der Waals surface area (Å²) in [5, 5.41) is 3.34. The van der Waals surface area contributed by atoms with Crippen LogP contribution in [0, 0.1) is 17.6 Å². The summed E-state index contributed by atoms with van der Waals surface area (Å²) >= 11 is 0. The summed E-state index contributed by atoms with van der Waals surface area (Å²) in [6.07, 6.45) is 2.44. The summed E-state index contributed by atoms with van der Waals surface area (Å²) in [7, 11) is 0. The van der Waals surface area contributed by atoms with E-state index in [-0.39, 0.29) is 0 Å². The second kappa shape index (κ2) is 6.96. The summed E-state index contributed by atoms with van der Waals surface area (Å²) in [6.45, 7) is 7.24. The first-order valence-electron chi connectivity index (χ1n) is 7.06. The fraction of sp³-hybridized carbons (Fsp3) is 0.600. The molecule has 0 aliphatic carbocycles. The van der Waals surface area contributed by atoms with E-state index in [2.05, 4.69) is 17.1 Å². The van der Waals surface area contributed by atoms with Gasteiger partial charge >= 0.3 is 0 Å². The number of piperidine rings is 1. The van der Waals surface area contributed by atoms with Crippen LogP contribution >= 0.6 is 0 Å². The summed E-state index contributed by atoms with van der Waals surface area (Å²) in [6, 6.07) is 4.08. The van der Waals surface area contributed by atoms with E-state index in [1.54, 1.807) is 6.07 Å². The van der Waals surface area contributed by atoms with E-state index in [9.17, 15) is 8.78 Å². The molecule has 0 spiro atoms. The van der Waals surface area contributed by atoms with Gasteiger partial charge in [0.2, 0.25) is 0 Å². The zero-order valence-corrected chi connectivity index (χ0v) is 11.5. The highest BCUT2D eigenvalue weighted by molar-refractivity contribution is 5.17. The summed E-state index contributed by atoms with van der Waals surface area (Å²) in [5.41, 5.74) is 0.796. The largest absolute Gasteiger partial charge is 0.312 e. The first-order valence-corrected chi connectivity index (χ1v) is 7.06. The zero-order chi connectivity index (χ0) is 13.7. The molecule has 0 saturated carbocycles. The van der Waals surface area contributed by atoms with Crippen LogP contribution in [0.25, 0.3) is 0 Å². The molecule has 0 unspecified atom stereocenters. The van der Waals surface area contributed by atoms with Gasteiger partial charge in [0.15, 0.2) is 11.6 Å². The quantitative estimate of drug-likeness (QED) is 0.883. The fourth-order valence-corrected chi connectivity index (χ4v) is 2.58. The number of hydrogen-bond acceptors (Lipinski definition) is 2. The van der Waals surface area contributed by atoms with Gasteiger partial charge in [0.1, 0.15) is 0 Å². The number of hydrogen-bond donors (Lipinski definition) is 1. The van der Waals surface area contributed by atoms with Gasteiger partial charge < -0.3 is 10.2 Å². The Morgan fingerprint density at radius 3 is 2.58 bits per heavy atom. The second-order valence-corrected chi connectivity index (χ2v) is 5.26.